The van der Waals surface area contributed by atoms with Crippen molar-refractivity contribution in [1.82, 2.24) is 15.5 Å². The van der Waals surface area contributed by atoms with Gasteiger partial charge in [0.2, 0.25) is 0 Å². The molecule has 7 heteroatoms. The second-order valence-electron chi connectivity index (χ2n) is 5.58. The minimum atomic E-state index is -1.01. The molecule has 124 valence electrons. The molecule has 0 aliphatic carbocycles. The van der Waals surface area contributed by atoms with Gasteiger partial charge in [-0.2, -0.15) is 5.10 Å². The molecule has 1 aromatic carbocycles. The molecule has 3 rings (SSSR count). The van der Waals surface area contributed by atoms with Gasteiger partial charge in [-0.05, 0) is 18.6 Å². The molecule has 3 aromatic rings. The van der Waals surface area contributed by atoms with Gasteiger partial charge in [0.1, 0.15) is 5.52 Å². The number of aromatic nitrogens is 2. The summed E-state index contributed by atoms with van der Waals surface area (Å²) in [4.78, 5) is 11.8. The number of thiophene rings is 1. The molecule has 6 nitrogen and oxygen atoms in total. The van der Waals surface area contributed by atoms with E-state index in [-0.39, 0.29) is 6.04 Å². The third-order valence-electron chi connectivity index (χ3n) is 3.56. The maximum absolute atomic E-state index is 10.7. The van der Waals surface area contributed by atoms with Gasteiger partial charge < -0.3 is 15.7 Å². The average molecular weight is 342 g/mol. The summed E-state index contributed by atoms with van der Waals surface area (Å²) >= 11 is 1.62. The van der Waals surface area contributed by atoms with Crippen molar-refractivity contribution in [3.63, 3.8) is 0 Å². The van der Waals surface area contributed by atoms with Gasteiger partial charge in [-0.15, -0.1) is 16.4 Å². The molecule has 0 saturated heterocycles. The molecule has 0 spiro atoms. The Hall–Kier alpha value is -2.67. The highest BCUT2D eigenvalue weighted by Crippen LogP contribution is 2.30. The van der Waals surface area contributed by atoms with Crippen LogP contribution in [0.5, 0.6) is 0 Å². The van der Waals surface area contributed by atoms with Crippen LogP contribution in [0.3, 0.4) is 0 Å². The first-order chi connectivity index (χ1) is 11.6. The maximum atomic E-state index is 10.7. The van der Waals surface area contributed by atoms with Crippen LogP contribution in [0.1, 0.15) is 17.4 Å². The monoisotopic (exact) mass is 342 g/mol. The van der Waals surface area contributed by atoms with Crippen molar-refractivity contribution in [1.29, 1.82) is 0 Å². The number of hydrogen-bond donors (Lipinski definition) is 3. The number of anilines is 1. The Kier molecular flexibility index (Phi) is 4.90. The van der Waals surface area contributed by atoms with Gasteiger partial charge >= 0.3 is 6.09 Å². The molecule has 0 fully saturated rings. The first kappa shape index (κ1) is 16.2. The van der Waals surface area contributed by atoms with Gasteiger partial charge in [0.25, 0.3) is 0 Å². The molecule has 1 amide bonds. The summed E-state index contributed by atoms with van der Waals surface area (Å²) in [6, 6.07) is 12.0. The molecule has 3 N–H and O–H groups in total. The quantitative estimate of drug-likeness (QED) is 0.638. The Morgan fingerprint density at radius 2 is 2.12 bits per heavy atom. The predicted octanol–water partition coefficient (Wildman–Crippen LogP) is 3.50. The summed E-state index contributed by atoms with van der Waals surface area (Å²) in [5.74, 6) is 0. The fraction of sp³-hybridized carbons (Fsp3) is 0.235. The Morgan fingerprint density at radius 3 is 2.88 bits per heavy atom. The fourth-order valence-corrected chi connectivity index (χ4v) is 3.69. The number of fused-ring (bicyclic) bond motifs is 1. The summed E-state index contributed by atoms with van der Waals surface area (Å²) in [5.41, 5.74) is 2.97. The van der Waals surface area contributed by atoms with Crippen LogP contribution in [0.15, 0.2) is 42.6 Å². The van der Waals surface area contributed by atoms with E-state index in [1.54, 1.807) is 17.5 Å². The Balaban J connectivity index is 1.76. The van der Waals surface area contributed by atoms with Crippen molar-refractivity contribution < 1.29 is 9.90 Å². The van der Waals surface area contributed by atoms with E-state index < -0.39 is 6.09 Å². The van der Waals surface area contributed by atoms with Crippen LogP contribution in [0, 0.1) is 0 Å². The smallest absolute Gasteiger partial charge is 0.404 e. The zero-order valence-corrected chi connectivity index (χ0v) is 14.0. The highest BCUT2D eigenvalue weighted by atomic mass is 32.1. The Bertz CT molecular complexity index is 835. The summed E-state index contributed by atoms with van der Waals surface area (Å²) in [6.45, 7) is 2.56. The van der Waals surface area contributed by atoms with Crippen molar-refractivity contribution in [2.45, 2.75) is 25.9 Å². The Labute approximate surface area is 143 Å². The first-order valence-electron chi connectivity index (χ1n) is 7.63. The van der Waals surface area contributed by atoms with Crippen LogP contribution >= 0.6 is 11.3 Å². The second kappa shape index (κ2) is 7.27. The van der Waals surface area contributed by atoms with Crippen LogP contribution < -0.4 is 10.6 Å². The number of carboxylic acid groups (broad SMARTS) is 1. The number of amides is 1. The highest BCUT2D eigenvalue weighted by Gasteiger charge is 2.12. The number of nitrogens with zero attached hydrogens (tertiary/aromatic N) is 2. The van der Waals surface area contributed by atoms with E-state index in [1.807, 2.05) is 31.2 Å². The van der Waals surface area contributed by atoms with Crippen molar-refractivity contribution >= 4 is 33.3 Å². The minimum absolute atomic E-state index is 0.149. The molecular formula is C17H18N4O2S. The minimum Gasteiger partial charge on any atom is -0.465 e. The molecule has 0 aliphatic heterocycles. The van der Waals surface area contributed by atoms with Gasteiger partial charge in [0, 0.05) is 23.9 Å². The molecule has 24 heavy (non-hydrogen) atoms. The van der Waals surface area contributed by atoms with Crippen molar-refractivity contribution in [3.8, 4) is 0 Å². The number of benzene rings is 1. The zero-order valence-electron chi connectivity index (χ0n) is 13.2. The van der Waals surface area contributed by atoms with Crippen LogP contribution in [0.25, 0.3) is 10.2 Å². The van der Waals surface area contributed by atoms with E-state index in [2.05, 4.69) is 33.0 Å². The predicted molar refractivity (Wildman–Crippen MR) is 95.5 cm³/mol. The standard InChI is InChI=1S/C17H18N4O2S/c1-11(20-17(22)23)7-13-8-14-16(24-13)15(10-19-21-14)18-9-12-5-3-2-4-6-12/h2-6,8,10-11,20H,7,9H2,1H3,(H,18,21)(H,22,23). The third kappa shape index (κ3) is 3.99. The van der Waals surface area contributed by atoms with E-state index in [4.69, 9.17) is 5.11 Å². The van der Waals surface area contributed by atoms with Crippen LogP contribution in [-0.4, -0.2) is 27.4 Å². The molecule has 0 aliphatic rings. The lowest BCUT2D eigenvalue weighted by molar-refractivity contribution is 0.191. The number of hydrogen-bond acceptors (Lipinski definition) is 5. The van der Waals surface area contributed by atoms with Gasteiger partial charge in [-0.25, -0.2) is 4.79 Å². The lowest BCUT2D eigenvalue weighted by atomic mass is 10.2. The highest BCUT2D eigenvalue weighted by molar-refractivity contribution is 7.19. The molecule has 0 bridgehead atoms. The lowest BCUT2D eigenvalue weighted by Crippen LogP contribution is -2.32. The largest absolute Gasteiger partial charge is 0.465 e. The SMILES string of the molecule is CC(Cc1cc2nncc(NCc3ccccc3)c2s1)NC(=O)O. The van der Waals surface area contributed by atoms with E-state index in [0.717, 1.165) is 20.8 Å². The van der Waals surface area contributed by atoms with E-state index in [1.165, 1.54) is 5.56 Å². The first-order valence-corrected chi connectivity index (χ1v) is 8.45. The number of rotatable bonds is 6. The molecule has 2 aromatic heterocycles. The second-order valence-corrected chi connectivity index (χ2v) is 6.72. The van der Waals surface area contributed by atoms with E-state index in [0.29, 0.717) is 13.0 Å². The van der Waals surface area contributed by atoms with Gasteiger partial charge in [0.05, 0.1) is 16.6 Å². The number of carbonyl (C=O) groups is 1. The van der Waals surface area contributed by atoms with Crippen molar-refractivity contribution in [2.75, 3.05) is 5.32 Å². The zero-order chi connectivity index (χ0) is 16.9. The molecule has 1 atom stereocenters. The fourth-order valence-electron chi connectivity index (χ4n) is 2.49. The normalized spacial score (nSPS) is 12.0. The van der Waals surface area contributed by atoms with Gasteiger partial charge in [-0.3, -0.25) is 0 Å². The van der Waals surface area contributed by atoms with Crippen LogP contribution in [0.4, 0.5) is 10.5 Å². The molecular weight excluding hydrogens is 324 g/mol. The Morgan fingerprint density at radius 1 is 1.33 bits per heavy atom. The van der Waals surface area contributed by atoms with Gasteiger partial charge in [-0.1, -0.05) is 30.3 Å². The molecule has 0 radical (unpaired) electrons. The average Bonchev–Trinajstić information content (AvgIpc) is 2.95. The topological polar surface area (TPSA) is 87.1 Å². The molecule has 2 heterocycles. The number of nitrogens with one attached hydrogen (secondary N) is 2. The van der Waals surface area contributed by atoms with E-state index in [9.17, 15) is 4.79 Å². The lowest BCUT2D eigenvalue weighted by Gasteiger charge is -2.09. The van der Waals surface area contributed by atoms with Gasteiger partial charge in [0.15, 0.2) is 0 Å². The van der Waals surface area contributed by atoms with Crippen LogP contribution in [-0.2, 0) is 13.0 Å². The van der Waals surface area contributed by atoms with Crippen LogP contribution in [0.2, 0.25) is 0 Å². The maximum Gasteiger partial charge on any atom is 0.404 e. The summed E-state index contributed by atoms with van der Waals surface area (Å²) in [6.07, 6.45) is 1.35. The van der Waals surface area contributed by atoms with E-state index >= 15 is 0 Å². The molecule has 1 unspecified atom stereocenters. The third-order valence-corrected chi connectivity index (χ3v) is 4.74. The summed E-state index contributed by atoms with van der Waals surface area (Å²) < 4.78 is 1.04. The van der Waals surface area contributed by atoms with Crippen molar-refractivity contribution in [3.05, 3.63) is 53.0 Å². The summed E-state index contributed by atoms with van der Waals surface area (Å²) in [5, 5.41) is 22.9. The molecule has 0 saturated carbocycles. The van der Waals surface area contributed by atoms with Crippen molar-refractivity contribution in [2.24, 2.45) is 0 Å². The summed E-state index contributed by atoms with van der Waals surface area (Å²) in [7, 11) is 0.